The second-order valence-electron chi connectivity index (χ2n) is 5.71. The van der Waals surface area contributed by atoms with Gasteiger partial charge in [-0.2, -0.15) is 12.7 Å². The van der Waals surface area contributed by atoms with Crippen molar-refractivity contribution in [1.82, 2.24) is 4.31 Å². The fourth-order valence-electron chi connectivity index (χ4n) is 2.21. The minimum Gasteiger partial charge on any atom is -0.324 e. The Morgan fingerprint density at radius 2 is 1.81 bits per heavy atom. The van der Waals surface area contributed by atoms with E-state index in [0.29, 0.717) is 16.3 Å². The SMILES string of the molecule is Cc1c(Cl)cccc1NC(=O)CN(c1ccccc1F)S(=O)(=O)N(C)C. The molecule has 1 amide bonds. The number of anilines is 2. The fourth-order valence-corrected chi connectivity index (χ4v) is 3.45. The van der Waals surface area contributed by atoms with Gasteiger partial charge in [-0.3, -0.25) is 4.79 Å². The zero-order chi connectivity index (χ0) is 19.5. The first kappa shape index (κ1) is 20.2. The molecule has 0 aliphatic heterocycles. The predicted molar refractivity (Wildman–Crippen MR) is 101 cm³/mol. The Morgan fingerprint density at radius 1 is 1.15 bits per heavy atom. The van der Waals surface area contributed by atoms with Gasteiger partial charge in [0.15, 0.2) is 0 Å². The standard InChI is InChI=1S/C17H19ClFN3O3S/c1-12-13(18)7-6-9-15(12)20-17(23)11-22(26(24,25)21(2)3)16-10-5-4-8-14(16)19/h4-10H,11H2,1-3H3,(H,20,23). The Hall–Kier alpha value is -2.16. The predicted octanol–water partition coefficient (Wildman–Crippen LogP) is 3.04. The van der Waals surface area contributed by atoms with Gasteiger partial charge in [-0.05, 0) is 36.8 Å². The molecule has 9 heteroatoms. The summed E-state index contributed by atoms with van der Waals surface area (Å²) in [4.78, 5) is 12.4. The summed E-state index contributed by atoms with van der Waals surface area (Å²) in [6, 6.07) is 10.4. The lowest BCUT2D eigenvalue weighted by molar-refractivity contribution is -0.114. The number of nitrogens with one attached hydrogen (secondary N) is 1. The number of amides is 1. The number of benzene rings is 2. The normalized spacial score (nSPS) is 11.5. The van der Waals surface area contributed by atoms with Crippen molar-refractivity contribution < 1.29 is 17.6 Å². The number of nitrogens with zero attached hydrogens (tertiary/aromatic N) is 2. The van der Waals surface area contributed by atoms with Crippen LogP contribution in [0.5, 0.6) is 0 Å². The van der Waals surface area contributed by atoms with Crippen LogP contribution in [0.1, 0.15) is 5.56 Å². The van der Waals surface area contributed by atoms with Crippen LogP contribution >= 0.6 is 11.6 Å². The summed E-state index contributed by atoms with van der Waals surface area (Å²) in [6.45, 7) is 1.14. The van der Waals surface area contributed by atoms with E-state index in [1.165, 1.54) is 32.3 Å². The molecule has 26 heavy (non-hydrogen) atoms. The van der Waals surface area contributed by atoms with Crippen LogP contribution in [0.25, 0.3) is 0 Å². The van der Waals surface area contributed by atoms with Gasteiger partial charge >= 0.3 is 10.2 Å². The fraction of sp³-hybridized carbons (Fsp3) is 0.235. The summed E-state index contributed by atoms with van der Waals surface area (Å²) in [5.41, 5.74) is 0.896. The molecule has 0 atom stereocenters. The lowest BCUT2D eigenvalue weighted by Crippen LogP contribution is -2.44. The average Bonchev–Trinajstić information content (AvgIpc) is 2.57. The molecule has 2 rings (SSSR count). The molecule has 2 aromatic carbocycles. The van der Waals surface area contributed by atoms with Crippen molar-refractivity contribution in [1.29, 1.82) is 0 Å². The van der Waals surface area contributed by atoms with E-state index in [4.69, 9.17) is 11.6 Å². The van der Waals surface area contributed by atoms with Crippen molar-refractivity contribution in [3.05, 3.63) is 58.9 Å². The zero-order valence-corrected chi connectivity index (χ0v) is 16.1. The average molecular weight is 400 g/mol. The van der Waals surface area contributed by atoms with Gasteiger partial charge in [0, 0.05) is 24.8 Å². The molecule has 2 aromatic rings. The molecular formula is C17H19ClFN3O3S. The highest BCUT2D eigenvalue weighted by Gasteiger charge is 2.29. The number of carbonyl (C=O) groups is 1. The first-order valence-corrected chi connectivity index (χ1v) is 9.41. The van der Waals surface area contributed by atoms with Gasteiger partial charge in [0.1, 0.15) is 12.4 Å². The molecule has 0 radical (unpaired) electrons. The monoisotopic (exact) mass is 399 g/mol. The van der Waals surface area contributed by atoms with Crippen molar-refractivity contribution in [2.45, 2.75) is 6.92 Å². The maximum absolute atomic E-state index is 14.2. The third kappa shape index (κ3) is 4.32. The Balaban J connectivity index is 2.34. The summed E-state index contributed by atoms with van der Waals surface area (Å²) in [5, 5.41) is 3.08. The molecule has 140 valence electrons. The second kappa shape index (κ2) is 8.03. The van der Waals surface area contributed by atoms with Gasteiger partial charge in [0.25, 0.3) is 0 Å². The Morgan fingerprint density at radius 3 is 2.42 bits per heavy atom. The number of hydrogen-bond donors (Lipinski definition) is 1. The summed E-state index contributed by atoms with van der Waals surface area (Å²) in [7, 11) is -1.46. The van der Waals surface area contributed by atoms with E-state index < -0.39 is 28.5 Å². The van der Waals surface area contributed by atoms with E-state index in [9.17, 15) is 17.6 Å². The molecular weight excluding hydrogens is 381 g/mol. The van der Waals surface area contributed by atoms with E-state index in [-0.39, 0.29) is 5.69 Å². The molecule has 0 aliphatic rings. The van der Waals surface area contributed by atoms with E-state index in [1.807, 2.05) is 0 Å². The maximum atomic E-state index is 14.2. The van der Waals surface area contributed by atoms with Crippen molar-refractivity contribution >= 4 is 39.1 Å². The minimum absolute atomic E-state index is 0.209. The molecule has 0 saturated carbocycles. The van der Waals surface area contributed by atoms with Gasteiger partial charge in [-0.1, -0.05) is 29.8 Å². The van der Waals surface area contributed by atoms with Crippen LogP contribution in [0.4, 0.5) is 15.8 Å². The summed E-state index contributed by atoms with van der Waals surface area (Å²) >= 11 is 6.02. The largest absolute Gasteiger partial charge is 0.324 e. The number of halogens is 2. The van der Waals surface area contributed by atoms with E-state index in [1.54, 1.807) is 25.1 Å². The van der Waals surface area contributed by atoms with Crippen molar-refractivity contribution in [2.24, 2.45) is 0 Å². The summed E-state index contributed by atoms with van der Waals surface area (Å²) in [6.07, 6.45) is 0. The third-order valence-electron chi connectivity index (χ3n) is 3.69. The molecule has 0 aromatic heterocycles. The smallest absolute Gasteiger partial charge is 0.304 e. The molecule has 0 saturated heterocycles. The van der Waals surface area contributed by atoms with Gasteiger partial charge in [-0.25, -0.2) is 8.70 Å². The minimum atomic E-state index is -4.08. The van der Waals surface area contributed by atoms with Crippen LogP contribution in [-0.2, 0) is 15.0 Å². The highest BCUT2D eigenvalue weighted by Crippen LogP contribution is 2.25. The lowest BCUT2D eigenvalue weighted by Gasteiger charge is -2.27. The Bertz CT molecular complexity index is 919. The molecule has 0 bridgehead atoms. The van der Waals surface area contributed by atoms with Crippen LogP contribution in [-0.4, -0.2) is 39.3 Å². The summed E-state index contributed by atoms with van der Waals surface area (Å²) in [5.74, 6) is -1.37. The van der Waals surface area contributed by atoms with E-state index in [2.05, 4.69) is 5.32 Å². The summed E-state index contributed by atoms with van der Waals surface area (Å²) < 4.78 is 40.9. The zero-order valence-electron chi connectivity index (χ0n) is 14.5. The Kier molecular flexibility index (Phi) is 6.22. The number of para-hydroxylation sites is 1. The van der Waals surface area contributed by atoms with Crippen LogP contribution < -0.4 is 9.62 Å². The molecule has 6 nitrogen and oxygen atoms in total. The van der Waals surface area contributed by atoms with E-state index >= 15 is 0 Å². The van der Waals surface area contributed by atoms with Crippen LogP contribution in [0.3, 0.4) is 0 Å². The quantitative estimate of drug-likeness (QED) is 0.811. The van der Waals surface area contributed by atoms with Crippen molar-refractivity contribution in [2.75, 3.05) is 30.3 Å². The third-order valence-corrected chi connectivity index (χ3v) is 5.91. The highest BCUT2D eigenvalue weighted by molar-refractivity contribution is 7.90. The van der Waals surface area contributed by atoms with Gasteiger partial charge in [0.2, 0.25) is 5.91 Å². The van der Waals surface area contributed by atoms with Crippen LogP contribution in [0, 0.1) is 12.7 Å². The number of hydrogen-bond acceptors (Lipinski definition) is 3. The van der Waals surface area contributed by atoms with Crippen molar-refractivity contribution in [3.8, 4) is 0 Å². The van der Waals surface area contributed by atoms with Gasteiger partial charge in [-0.15, -0.1) is 0 Å². The first-order chi connectivity index (χ1) is 12.1. The molecule has 0 unspecified atom stereocenters. The topological polar surface area (TPSA) is 69.7 Å². The molecule has 0 spiro atoms. The lowest BCUT2D eigenvalue weighted by atomic mass is 10.2. The maximum Gasteiger partial charge on any atom is 0.304 e. The van der Waals surface area contributed by atoms with Crippen molar-refractivity contribution in [3.63, 3.8) is 0 Å². The molecule has 0 heterocycles. The molecule has 1 N–H and O–H groups in total. The van der Waals surface area contributed by atoms with Crippen LogP contribution in [0.15, 0.2) is 42.5 Å². The van der Waals surface area contributed by atoms with Gasteiger partial charge in [0.05, 0.1) is 5.69 Å². The van der Waals surface area contributed by atoms with E-state index in [0.717, 1.165) is 14.7 Å². The number of carbonyl (C=O) groups excluding carboxylic acids is 1. The molecule has 0 aliphatic carbocycles. The molecule has 0 fully saturated rings. The second-order valence-corrected chi connectivity index (χ2v) is 8.18. The number of rotatable bonds is 6. The Labute approximate surface area is 157 Å². The highest BCUT2D eigenvalue weighted by atomic mass is 35.5. The first-order valence-electron chi connectivity index (χ1n) is 7.64. The van der Waals surface area contributed by atoms with Gasteiger partial charge < -0.3 is 5.32 Å². The van der Waals surface area contributed by atoms with Crippen LogP contribution in [0.2, 0.25) is 5.02 Å².